The first-order chi connectivity index (χ1) is 37.2. The average Bonchev–Trinajstić information content (AvgIpc) is 4.07. The van der Waals surface area contributed by atoms with E-state index in [-0.39, 0.29) is 57.5 Å². The van der Waals surface area contributed by atoms with Gasteiger partial charge in [0.05, 0.1) is 25.4 Å². The minimum Gasteiger partial charge on any atom is -0.481 e. The van der Waals surface area contributed by atoms with E-state index < -0.39 is 170 Å². The fraction of sp³-hybridized carbons (Fsp3) is 0.562. The summed E-state index contributed by atoms with van der Waals surface area (Å²) in [4.78, 5) is 173. The first-order valence-electron chi connectivity index (χ1n) is 25.3. The quantitative estimate of drug-likeness (QED) is 0.0226. The van der Waals surface area contributed by atoms with E-state index in [1.165, 1.54) is 0 Å². The maximum Gasteiger partial charge on any atom is 0.326 e. The van der Waals surface area contributed by atoms with Crippen LogP contribution in [0, 0.1) is 5.92 Å². The molecule has 0 unspecified atom stereocenters. The number of amides is 10. The normalized spacial score (nSPS) is 15.8. The first kappa shape index (κ1) is 65.0. The van der Waals surface area contributed by atoms with Gasteiger partial charge >= 0.3 is 17.9 Å². The summed E-state index contributed by atoms with van der Waals surface area (Å²) in [5.41, 5.74) is 28.9. The van der Waals surface area contributed by atoms with Crippen LogP contribution in [-0.4, -0.2) is 176 Å². The molecule has 436 valence electrons. The van der Waals surface area contributed by atoms with Crippen molar-refractivity contribution in [3.05, 3.63) is 36.0 Å². The van der Waals surface area contributed by atoms with Crippen LogP contribution in [0.3, 0.4) is 0 Å². The highest BCUT2D eigenvalue weighted by Gasteiger charge is 2.38. The van der Waals surface area contributed by atoms with Gasteiger partial charge in [0, 0.05) is 42.9 Å². The molecule has 10 amide bonds. The Kier molecular flexibility index (Phi) is 26.2. The largest absolute Gasteiger partial charge is 0.481 e. The number of hydrogen-bond donors (Lipinski definition) is 17. The lowest BCUT2D eigenvalue weighted by molar-refractivity contribution is -0.143. The highest BCUT2D eigenvalue weighted by atomic mass is 16.4. The van der Waals surface area contributed by atoms with E-state index in [0.717, 1.165) is 4.90 Å². The van der Waals surface area contributed by atoms with E-state index in [1.54, 1.807) is 44.3 Å². The molecule has 2 heterocycles. The second-order valence-electron chi connectivity index (χ2n) is 19.3. The number of hydrogen-bond acceptors (Lipinski definition) is 17. The average molecular weight is 1120 g/mol. The molecule has 0 bridgehead atoms. The van der Waals surface area contributed by atoms with E-state index in [1.807, 2.05) is 0 Å². The van der Waals surface area contributed by atoms with Crippen molar-refractivity contribution in [2.45, 2.75) is 146 Å². The lowest BCUT2D eigenvalue weighted by Gasteiger charge is -2.28. The number of nitrogens with zero attached hydrogens (tertiary/aromatic N) is 1. The Balaban J connectivity index is 1.88. The van der Waals surface area contributed by atoms with Crippen LogP contribution in [0.2, 0.25) is 0 Å². The van der Waals surface area contributed by atoms with Crippen LogP contribution in [0.4, 0.5) is 0 Å². The van der Waals surface area contributed by atoms with Gasteiger partial charge in [0.25, 0.3) is 0 Å². The number of para-hydroxylation sites is 1. The number of benzene rings is 1. The van der Waals surface area contributed by atoms with Crippen LogP contribution < -0.4 is 71.2 Å². The third kappa shape index (κ3) is 22.3. The Labute approximate surface area is 452 Å². The number of carbonyl (C=O) groups excluding carboxylic acids is 10. The third-order valence-electron chi connectivity index (χ3n) is 12.4. The number of primary amides is 2. The summed E-state index contributed by atoms with van der Waals surface area (Å²) >= 11 is 0. The minimum absolute atomic E-state index is 0.000210. The summed E-state index contributed by atoms with van der Waals surface area (Å²) < 4.78 is 0. The topological polar surface area (TPSA) is 528 Å². The summed E-state index contributed by atoms with van der Waals surface area (Å²) in [6.45, 7) is 3.01. The van der Waals surface area contributed by atoms with E-state index in [0.29, 0.717) is 22.9 Å². The van der Waals surface area contributed by atoms with E-state index in [9.17, 15) is 72.5 Å². The van der Waals surface area contributed by atoms with E-state index in [4.69, 9.17) is 33.8 Å². The van der Waals surface area contributed by atoms with Crippen LogP contribution in [0.25, 0.3) is 10.9 Å². The van der Waals surface area contributed by atoms with Crippen LogP contribution >= 0.6 is 0 Å². The molecule has 31 nitrogen and oxygen atoms in total. The van der Waals surface area contributed by atoms with Gasteiger partial charge in [0.2, 0.25) is 59.1 Å². The van der Waals surface area contributed by atoms with Crippen LogP contribution in [0.1, 0.15) is 90.0 Å². The van der Waals surface area contributed by atoms with Crippen LogP contribution in [-0.2, 0) is 68.7 Å². The number of likely N-dealkylation sites (tertiary alicyclic amines) is 1. The lowest BCUT2D eigenvalue weighted by Crippen LogP contribution is -2.60. The maximum absolute atomic E-state index is 14.1. The molecule has 3 rings (SSSR count). The monoisotopic (exact) mass is 1120 g/mol. The van der Waals surface area contributed by atoms with E-state index in [2.05, 4.69) is 47.5 Å². The summed E-state index contributed by atoms with van der Waals surface area (Å²) in [5.74, 6) is -14.7. The fourth-order valence-corrected chi connectivity index (χ4v) is 8.39. The molecule has 1 aliphatic rings. The van der Waals surface area contributed by atoms with Gasteiger partial charge in [-0.25, -0.2) is 4.79 Å². The number of fused-ring (bicyclic) bond motifs is 1. The molecule has 22 N–H and O–H groups in total. The number of carbonyl (C=O) groups is 13. The zero-order chi connectivity index (χ0) is 59.1. The molecule has 2 aromatic rings. The molecule has 79 heavy (non-hydrogen) atoms. The summed E-state index contributed by atoms with van der Waals surface area (Å²) in [6, 6.07) is -5.73. The highest BCUT2D eigenvalue weighted by molar-refractivity contribution is 6.00. The summed E-state index contributed by atoms with van der Waals surface area (Å²) in [6.07, 6.45) is -3.15. The second kappa shape index (κ2) is 31.8. The minimum atomic E-state index is -2.01. The van der Waals surface area contributed by atoms with Crippen LogP contribution in [0.5, 0.6) is 0 Å². The molecule has 1 fully saturated rings. The molecule has 0 radical (unpaired) electrons. The Bertz CT molecular complexity index is 2540. The molecule has 1 aromatic heterocycles. The van der Waals surface area contributed by atoms with Crippen LogP contribution in [0.15, 0.2) is 30.5 Å². The lowest BCUT2D eigenvalue weighted by atomic mass is 10.0. The van der Waals surface area contributed by atoms with Crippen molar-refractivity contribution in [3.8, 4) is 0 Å². The molecule has 0 saturated carbocycles. The third-order valence-corrected chi connectivity index (χ3v) is 12.4. The Hall–Kier alpha value is -8.29. The maximum atomic E-state index is 14.1. The number of aromatic nitrogens is 1. The van der Waals surface area contributed by atoms with Crippen molar-refractivity contribution in [3.63, 3.8) is 0 Å². The van der Waals surface area contributed by atoms with Gasteiger partial charge in [-0.15, -0.1) is 0 Å². The molecule has 8 atom stereocenters. The van der Waals surface area contributed by atoms with Gasteiger partial charge < -0.3 is 91.1 Å². The standard InChI is InChI=1S/C48H73N15O16/c1-23(2)17-33(47(78)79)62-43(74)30(18-24-21-55-27-8-4-3-7-25(24)27)59-45(76)32(20-39(69)70)61-42(73)29(12-13-35(50)64)57-44(75)31(19-36(51)65)60-41(72)28(9-5-15-54-48(52)53)58-46(77)34-10-6-16-63(34)37(66)22-56-40(71)26(49)11-14-38(67)68/h3-4,7-8,21,23,26,28-34,48,54-55H,5-6,9-20,22,49,52-53H2,1-2H3,(H2,50,64)(H2,51,65)(H,56,71)(H,57,75)(H,58,77)(H,59,76)(H,60,72)(H,61,73)(H,62,74)(H,67,68)(H,69,70)(H,78,79)/t26-,28-,29-,30-,31-,32-,33-,34-/m0/s1. The van der Waals surface area contributed by atoms with Crippen molar-refractivity contribution < 1.29 is 77.6 Å². The van der Waals surface area contributed by atoms with Crippen molar-refractivity contribution in [2.75, 3.05) is 19.6 Å². The number of H-pyrrole nitrogens is 1. The zero-order valence-electron chi connectivity index (χ0n) is 43.7. The number of rotatable bonds is 35. The van der Waals surface area contributed by atoms with Gasteiger partial charge in [0.1, 0.15) is 48.6 Å². The van der Waals surface area contributed by atoms with Gasteiger partial charge in [-0.1, -0.05) is 32.0 Å². The fourth-order valence-electron chi connectivity index (χ4n) is 8.39. The molecule has 1 aliphatic heterocycles. The molecule has 0 spiro atoms. The summed E-state index contributed by atoms with van der Waals surface area (Å²) in [5, 5.41) is 48.5. The number of carboxylic acids is 3. The Morgan fingerprint density at radius 1 is 0.658 bits per heavy atom. The number of nitrogens with two attached hydrogens (primary N) is 5. The molecule has 1 saturated heterocycles. The van der Waals surface area contributed by atoms with Gasteiger partial charge in [-0.2, -0.15) is 0 Å². The second-order valence-corrected chi connectivity index (χ2v) is 19.3. The molecular formula is C48H73N15O16. The summed E-state index contributed by atoms with van der Waals surface area (Å²) in [7, 11) is 0. The van der Waals surface area contributed by atoms with Gasteiger partial charge in [0.15, 0.2) is 0 Å². The Morgan fingerprint density at radius 3 is 1.81 bits per heavy atom. The Morgan fingerprint density at radius 2 is 1.23 bits per heavy atom. The number of carboxylic acid groups (broad SMARTS) is 3. The first-order valence-corrected chi connectivity index (χ1v) is 25.3. The zero-order valence-corrected chi connectivity index (χ0v) is 43.7. The van der Waals surface area contributed by atoms with E-state index >= 15 is 0 Å². The van der Waals surface area contributed by atoms with Crippen molar-refractivity contribution >= 4 is 87.9 Å². The molecule has 0 aliphatic carbocycles. The van der Waals surface area contributed by atoms with Crippen molar-refractivity contribution in [1.82, 2.24) is 52.4 Å². The molecule has 1 aromatic carbocycles. The number of nitrogens with one attached hydrogen (secondary N) is 9. The molecular weight excluding hydrogens is 1040 g/mol. The number of aliphatic carboxylic acids is 3. The predicted molar refractivity (Wildman–Crippen MR) is 277 cm³/mol. The number of aromatic amines is 1. The van der Waals surface area contributed by atoms with Gasteiger partial charge in [-0.05, 0) is 69.0 Å². The smallest absolute Gasteiger partial charge is 0.326 e. The highest BCUT2D eigenvalue weighted by Crippen LogP contribution is 2.21. The molecule has 31 heteroatoms. The SMILES string of the molecule is CC(C)C[C@H](NC(=O)[C@H](Cc1c[nH]c2ccccc12)NC(=O)[C@H](CC(=O)O)NC(=O)[C@H](CCC(N)=O)NC(=O)[C@H](CC(N)=O)NC(=O)[C@H](CCCNC(N)N)NC(=O)[C@@H]1CCCN1C(=O)CNC(=O)[C@@H](N)CCC(=O)O)C(=O)O. The van der Waals surface area contributed by atoms with Gasteiger partial charge in [-0.3, -0.25) is 62.9 Å². The predicted octanol–water partition coefficient (Wildman–Crippen LogP) is -5.76. The van der Waals surface area contributed by atoms with Crippen molar-refractivity contribution in [2.24, 2.45) is 34.6 Å². The van der Waals surface area contributed by atoms with Crippen molar-refractivity contribution in [1.29, 1.82) is 0 Å².